The smallest absolute Gasteiger partial charge is 0.302 e. The molecule has 0 spiro atoms. The Bertz CT molecular complexity index is 655. The molecule has 0 saturated carbocycles. The Labute approximate surface area is 142 Å². The van der Waals surface area contributed by atoms with E-state index in [4.69, 9.17) is 0 Å². The van der Waals surface area contributed by atoms with E-state index in [0.717, 1.165) is 5.69 Å². The molecule has 116 valence electrons. The van der Waals surface area contributed by atoms with Crippen LogP contribution in [0.25, 0.3) is 0 Å². The van der Waals surface area contributed by atoms with E-state index in [1.54, 1.807) is 16.8 Å². The molecule has 3 aliphatic rings. The summed E-state index contributed by atoms with van der Waals surface area (Å²) < 4.78 is 0. The Hall–Kier alpha value is -1.58. The average molecular weight is 384 g/mol. The SMILES string of the molecule is Br.CN1C(=O)N(c2ccccc2)C2NN3C(=O)CSC3=NC21. The van der Waals surface area contributed by atoms with Gasteiger partial charge in [0.05, 0.1) is 5.75 Å². The number of likely N-dealkylation sites (N-methyl/N-ethyl adjacent to an activating group) is 1. The van der Waals surface area contributed by atoms with Crippen molar-refractivity contribution in [2.75, 3.05) is 17.7 Å². The fourth-order valence-corrected chi connectivity index (χ4v) is 3.57. The first kappa shape index (κ1) is 15.3. The van der Waals surface area contributed by atoms with Gasteiger partial charge in [-0.3, -0.25) is 9.69 Å². The van der Waals surface area contributed by atoms with Crippen LogP contribution in [0.4, 0.5) is 10.5 Å². The summed E-state index contributed by atoms with van der Waals surface area (Å²) in [5, 5.41) is 2.09. The Morgan fingerprint density at radius 3 is 2.73 bits per heavy atom. The Morgan fingerprint density at radius 2 is 2.00 bits per heavy atom. The number of carbonyl (C=O) groups excluding carboxylic acids is 2. The molecule has 1 aromatic rings. The Morgan fingerprint density at radius 1 is 1.27 bits per heavy atom. The maximum Gasteiger partial charge on any atom is 0.327 e. The number of nitrogens with zero attached hydrogens (tertiary/aromatic N) is 4. The lowest BCUT2D eigenvalue weighted by molar-refractivity contribution is -0.127. The lowest BCUT2D eigenvalue weighted by atomic mass is 10.2. The predicted molar refractivity (Wildman–Crippen MR) is 89.9 cm³/mol. The van der Waals surface area contributed by atoms with Crippen molar-refractivity contribution < 1.29 is 9.59 Å². The van der Waals surface area contributed by atoms with Gasteiger partial charge in [0.2, 0.25) is 0 Å². The van der Waals surface area contributed by atoms with Gasteiger partial charge in [0.1, 0.15) is 6.17 Å². The van der Waals surface area contributed by atoms with Crippen molar-refractivity contribution in [2.45, 2.75) is 12.3 Å². The number of hydrazine groups is 1. The molecule has 0 radical (unpaired) electrons. The van der Waals surface area contributed by atoms with E-state index < -0.39 is 0 Å². The fourth-order valence-electron chi connectivity index (χ4n) is 2.72. The van der Waals surface area contributed by atoms with Gasteiger partial charge in [-0.05, 0) is 12.1 Å². The van der Waals surface area contributed by atoms with E-state index in [-0.39, 0.29) is 41.3 Å². The molecule has 3 amide bonds. The van der Waals surface area contributed by atoms with Crippen molar-refractivity contribution in [3.8, 4) is 0 Å². The number of para-hydroxylation sites is 1. The topological polar surface area (TPSA) is 68.2 Å². The van der Waals surface area contributed by atoms with Gasteiger partial charge in [-0.2, -0.15) is 5.43 Å². The number of halogens is 1. The van der Waals surface area contributed by atoms with Gasteiger partial charge in [-0.1, -0.05) is 30.0 Å². The number of nitrogens with one attached hydrogen (secondary N) is 1. The highest BCUT2D eigenvalue weighted by molar-refractivity contribution is 8.93. The number of rotatable bonds is 1. The number of hydrogen-bond acceptors (Lipinski definition) is 5. The van der Waals surface area contributed by atoms with Crippen molar-refractivity contribution in [2.24, 2.45) is 4.99 Å². The first-order chi connectivity index (χ1) is 10.2. The highest BCUT2D eigenvalue weighted by atomic mass is 79.9. The third kappa shape index (κ3) is 2.11. The molecule has 1 aromatic carbocycles. The second kappa shape index (κ2) is 5.56. The van der Waals surface area contributed by atoms with Gasteiger partial charge in [0.25, 0.3) is 5.91 Å². The number of benzene rings is 1. The highest BCUT2D eigenvalue weighted by Gasteiger charge is 2.50. The molecule has 9 heteroatoms. The molecule has 1 N–H and O–H groups in total. The van der Waals surface area contributed by atoms with Crippen LogP contribution in [0.2, 0.25) is 0 Å². The van der Waals surface area contributed by atoms with Crippen molar-refractivity contribution in [1.29, 1.82) is 0 Å². The number of aliphatic imine (C=N–C) groups is 1. The molecular formula is C13H14BrN5O2S. The predicted octanol–water partition coefficient (Wildman–Crippen LogP) is 1.24. The average Bonchev–Trinajstić information content (AvgIpc) is 2.98. The molecule has 2 fully saturated rings. The van der Waals surface area contributed by atoms with E-state index in [9.17, 15) is 9.59 Å². The molecule has 2 saturated heterocycles. The minimum atomic E-state index is -0.378. The van der Waals surface area contributed by atoms with Gasteiger partial charge in [-0.15, -0.1) is 17.0 Å². The van der Waals surface area contributed by atoms with Crippen molar-refractivity contribution >= 4 is 51.5 Å². The number of carbonyl (C=O) groups is 2. The van der Waals surface area contributed by atoms with E-state index in [1.165, 1.54) is 16.8 Å². The third-order valence-electron chi connectivity index (χ3n) is 3.77. The van der Waals surface area contributed by atoms with Crippen LogP contribution in [-0.2, 0) is 4.79 Å². The van der Waals surface area contributed by atoms with Gasteiger partial charge in [-0.25, -0.2) is 14.8 Å². The molecule has 7 nitrogen and oxygen atoms in total. The molecule has 22 heavy (non-hydrogen) atoms. The van der Waals surface area contributed by atoms with Gasteiger partial charge >= 0.3 is 6.03 Å². The van der Waals surface area contributed by atoms with Crippen LogP contribution in [-0.4, -0.2) is 52.1 Å². The molecule has 3 aliphatic heterocycles. The van der Waals surface area contributed by atoms with Gasteiger partial charge in [0, 0.05) is 12.7 Å². The molecule has 0 aromatic heterocycles. The summed E-state index contributed by atoms with van der Waals surface area (Å²) in [7, 11) is 1.73. The third-order valence-corrected chi connectivity index (χ3v) is 4.71. The van der Waals surface area contributed by atoms with E-state index in [1.807, 2.05) is 30.3 Å². The number of anilines is 1. The zero-order chi connectivity index (χ0) is 14.6. The second-order valence-electron chi connectivity index (χ2n) is 5.02. The van der Waals surface area contributed by atoms with E-state index in [2.05, 4.69) is 10.4 Å². The largest absolute Gasteiger partial charge is 0.327 e. The Balaban J connectivity index is 0.00000144. The maximum absolute atomic E-state index is 12.5. The Kier molecular flexibility index (Phi) is 3.87. The maximum atomic E-state index is 12.5. The molecule has 2 atom stereocenters. The quantitative estimate of drug-likeness (QED) is 0.791. The first-order valence-electron chi connectivity index (χ1n) is 6.57. The van der Waals surface area contributed by atoms with Gasteiger partial charge < -0.3 is 4.90 Å². The zero-order valence-corrected chi connectivity index (χ0v) is 14.2. The lowest BCUT2D eigenvalue weighted by Crippen LogP contribution is -2.60. The van der Waals surface area contributed by atoms with E-state index in [0.29, 0.717) is 10.9 Å². The van der Waals surface area contributed by atoms with Crippen LogP contribution in [0, 0.1) is 0 Å². The van der Waals surface area contributed by atoms with Crippen LogP contribution in [0.3, 0.4) is 0 Å². The van der Waals surface area contributed by atoms with Crippen molar-refractivity contribution in [1.82, 2.24) is 15.3 Å². The summed E-state index contributed by atoms with van der Waals surface area (Å²) in [5.41, 5.74) is 3.92. The van der Waals surface area contributed by atoms with Crippen LogP contribution in [0.1, 0.15) is 0 Å². The number of hydrogen-bond donors (Lipinski definition) is 1. The highest BCUT2D eigenvalue weighted by Crippen LogP contribution is 2.32. The molecule has 2 unspecified atom stereocenters. The van der Waals surface area contributed by atoms with Crippen LogP contribution in [0.15, 0.2) is 35.3 Å². The summed E-state index contributed by atoms with van der Waals surface area (Å²) in [5.74, 6) is 0.348. The number of amides is 3. The lowest BCUT2D eigenvalue weighted by Gasteiger charge is -2.33. The van der Waals surface area contributed by atoms with Crippen molar-refractivity contribution in [3.05, 3.63) is 30.3 Å². The summed E-state index contributed by atoms with van der Waals surface area (Å²) in [6.45, 7) is 0. The number of fused-ring (bicyclic) bond motifs is 2. The summed E-state index contributed by atoms with van der Waals surface area (Å²) in [6.07, 6.45) is -0.710. The number of urea groups is 1. The number of thioether (sulfide) groups is 1. The molecule has 4 rings (SSSR count). The summed E-state index contributed by atoms with van der Waals surface area (Å²) in [4.78, 5) is 32.1. The minimum Gasteiger partial charge on any atom is -0.302 e. The monoisotopic (exact) mass is 383 g/mol. The van der Waals surface area contributed by atoms with Crippen LogP contribution >= 0.6 is 28.7 Å². The van der Waals surface area contributed by atoms with Crippen LogP contribution < -0.4 is 10.3 Å². The molecule has 0 aliphatic carbocycles. The molecule has 0 bridgehead atoms. The minimum absolute atomic E-state index is 0. The van der Waals surface area contributed by atoms with E-state index >= 15 is 0 Å². The second-order valence-corrected chi connectivity index (χ2v) is 5.96. The molecular weight excluding hydrogens is 370 g/mol. The number of amidine groups is 1. The normalized spacial score (nSPS) is 26.6. The summed E-state index contributed by atoms with van der Waals surface area (Å²) >= 11 is 1.39. The van der Waals surface area contributed by atoms with Crippen LogP contribution in [0.5, 0.6) is 0 Å². The van der Waals surface area contributed by atoms with Gasteiger partial charge in [0.15, 0.2) is 11.3 Å². The first-order valence-corrected chi connectivity index (χ1v) is 7.56. The van der Waals surface area contributed by atoms with Crippen molar-refractivity contribution in [3.63, 3.8) is 0 Å². The zero-order valence-electron chi connectivity index (χ0n) is 11.7. The standard InChI is InChI=1S/C13H13N5O2S.BrH/c1-16-10-11(15-18-9(19)7-21-12(18)14-10)17(13(16)20)8-5-3-2-4-6-8;/h2-6,10-11,15H,7H2,1H3;1H. The summed E-state index contributed by atoms with van der Waals surface area (Å²) in [6, 6.07) is 9.27. The molecule has 3 heterocycles. The fraction of sp³-hybridized carbons (Fsp3) is 0.308.